The van der Waals surface area contributed by atoms with E-state index < -0.39 is 18.0 Å². The Morgan fingerprint density at radius 2 is 2.15 bits per heavy atom. The van der Waals surface area contributed by atoms with Crippen molar-refractivity contribution < 1.29 is 18.7 Å². The highest BCUT2D eigenvalue weighted by molar-refractivity contribution is 6.11. The van der Waals surface area contributed by atoms with Crippen LogP contribution in [0.4, 0.5) is 15.8 Å². The monoisotopic (exact) mass is 357 g/mol. The number of pyridine rings is 1. The lowest BCUT2D eigenvalue weighted by molar-refractivity contribution is -0.113. The number of hydrogen-bond acceptors (Lipinski definition) is 5. The maximum Gasteiger partial charge on any atom is 0.275 e. The number of H-pyrrole nitrogens is 1. The molecule has 0 fully saturated rings. The first-order chi connectivity index (χ1) is 12.6. The van der Waals surface area contributed by atoms with E-state index in [4.69, 9.17) is 4.74 Å². The third-order valence-electron chi connectivity index (χ3n) is 3.69. The molecule has 1 aliphatic rings. The van der Waals surface area contributed by atoms with Gasteiger partial charge < -0.3 is 15.4 Å². The van der Waals surface area contributed by atoms with E-state index >= 15 is 0 Å². The number of halogens is 1. The number of aromatic nitrogens is 3. The lowest BCUT2D eigenvalue weighted by Gasteiger charge is -2.18. The number of methoxy groups -OCH3 is 1. The second-order valence-corrected chi connectivity index (χ2v) is 5.40. The number of aromatic amines is 1. The van der Waals surface area contributed by atoms with Crippen molar-refractivity contribution in [2.24, 2.45) is 0 Å². The third-order valence-corrected chi connectivity index (χ3v) is 3.69. The molecule has 0 bridgehead atoms. The summed E-state index contributed by atoms with van der Waals surface area (Å²) in [4.78, 5) is 28.7. The fourth-order valence-electron chi connectivity index (χ4n) is 2.46. The molecule has 1 aliphatic carbocycles. The molecule has 0 radical (unpaired) electrons. The van der Waals surface area contributed by atoms with Gasteiger partial charge in [0.1, 0.15) is 17.6 Å². The lowest BCUT2D eigenvalue weighted by atomic mass is 10.0. The molecule has 26 heavy (non-hydrogen) atoms. The van der Waals surface area contributed by atoms with E-state index in [0.717, 1.165) is 0 Å². The minimum atomic E-state index is -1.49. The fraction of sp³-hybridized carbons (Fsp3) is 0.176. The van der Waals surface area contributed by atoms with E-state index in [1.165, 1.54) is 25.6 Å². The van der Waals surface area contributed by atoms with E-state index in [2.05, 4.69) is 25.8 Å². The first-order valence-corrected chi connectivity index (χ1v) is 7.75. The third kappa shape index (κ3) is 3.61. The van der Waals surface area contributed by atoms with Crippen LogP contribution in [0.3, 0.4) is 0 Å². The Morgan fingerprint density at radius 3 is 2.88 bits per heavy atom. The molecule has 2 aromatic rings. The van der Waals surface area contributed by atoms with Crippen LogP contribution in [0.1, 0.15) is 16.9 Å². The normalized spacial score (nSPS) is 16.3. The molecule has 0 saturated carbocycles. The van der Waals surface area contributed by atoms with Gasteiger partial charge in [0.15, 0.2) is 0 Å². The van der Waals surface area contributed by atoms with Gasteiger partial charge in [-0.2, -0.15) is 5.10 Å². The van der Waals surface area contributed by atoms with E-state index in [9.17, 15) is 14.0 Å². The number of allylic oxidation sites excluding steroid dienone is 2. The molecule has 9 heteroatoms. The molecular formula is C17H16FN5O3. The molecule has 2 amide bonds. The summed E-state index contributed by atoms with van der Waals surface area (Å²) in [5.74, 6) is -1.08. The van der Waals surface area contributed by atoms with Crippen molar-refractivity contribution in [3.05, 3.63) is 59.9 Å². The van der Waals surface area contributed by atoms with E-state index in [-0.39, 0.29) is 29.1 Å². The number of hydrogen-bond donors (Lipinski definition) is 3. The smallest absolute Gasteiger partial charge is 0.275 e. The van der Waals surface area contributed by atoms with Gasteiger partial charge in [-0.05, 0) is 18.2 Å². The number of rotatable bonds is 5. The van der Waals surface area contributed by atoms with Crippen LogP contribution >= 0.6 is 0 Å². The SMILES string of the molecule is COC1=C(C(=O)Nc2cn[nH]c2C(=O)Nc2cccnc2)C(F)CC=C1. The zero-order chi connectivity index (χ0) is 18.5. The maximum atomic E-state index is 14.2. The first kappa shape index (κ1) is 17.3. The average Bonchev–Trinajstić information content (AvgIpc) is 3.10. The van der Waals surface area contributed by atoms with Gasteiger partial charge in [-0.25, -0.2) is 4.39 Å². The summed E-state index contributed by atoms with van der Waals surface area (Å²) >= 11 is 0. The van der Waals surface area contributed by atoms with Crippen LogP contribution in [-0.2, 0) is 9.53 Å². The van der Waals surface area contributed by atoms with Gasteiger partial charge in [-0.3, -0.25) is 19.7 Å². The van der Waals surface area contributed by atoms with Crippen molar-refractivity contribution in [3.8, 4) is 0 Å². The van der Waals surface area contributed by atoms with E-state index in [1.807, 2.05) is 0 Å². The first-order valence-electron chi connectivity index (χ1n) is 7.75. The number of carbonyl (C=O) groups excluding carboxylic acids is 2. The molecule has 3 N–H and O–H groups in total. The highest BCUT2D eigenvalue weighted by Gasteiger charge is 2.28. The number of anilines is 2. The quantitative estimate of drug-likeness (QED) is 0.760. The minimum absolute atomic E-state index is 0.0310. The van der Waals surface area contributed by atoms with Gasteiger partial charge in [-0.15, -0.1) is 0 Å². The number of alkyl halides is 1. The number of carbonyl (C=O) groups is 2. The zero-order valence-corrected chi connectivity index (χ0v) is 13.8. The van der Waals surface area contributed by atoms with Gasteiger partial charge in [-0.1, -0.05) is 6.08 Å². The van der Waals surface area contributed by atoms with Crippen molar-refractivity contribution in [3.63, 3.8) is 0 Å². The topological polar surface area (TPSA) is 109 Å². The van der Waals surface area contributed by atoms with E-state index in [0.29, 0.717) is 5.69 Å². The summed E-state index contributed by atoms with van der Waals surface area (Å²) in [5, 5.41) is 11.4. The summed E-state index contributed by atoms with van der Waals surface area (Å²) in [6.07, 6.45) is 6.04. The molecule has 0 saturated heterocycles. The van der Waals surface area contributed by atoms with Gasteiger partial charge in [0.25, 0.3) is 11.8 Å². The van der Waals surface area contributed by atoms with E-state index in [1.54, 1.807) is 24.4 Å². The van der Waals surface area contributed by atoms with Crippen LogP contribution in [0.5, 0.6) is 0 Å². The Bertz CT molecular complexity index is 876. The summed E-state index contributed by atoms with van der Waals surface area (Å²) < 4.78 is 19.2. The number of amides is 2. The van der Waals surface area contributed by atoms with Crippen LogP contribution in [0.15, 0.2) is 54.2 Å². The van der Waals surface area contributed by atoms with Gasteiger partial charge in [0, 0.05) is 12.6 Å². The largest absolute Gasteiger partial charge is 0.496 e. The predicted octanol–water partition coefficient (Wildman–Crippen LogP) is 2.19. The summed E-state index contributed by atoms with van der Waals surface area (Å²) in [6.45, 7) is 0. The standard InChI is InChI=1S/C17H16FN5O3/c1-26-13-6-2-5-11(18)14(13)16(24)22-12-9-20-23-15(12)17(25)21-10-4-3-7-19-8-10/h2-4,6-9,11H,5H2,1H3,(H,20,23)(H,21,25)(H,22,24). The molecule has 8 nitrogen and oxygen atoms in total. The molecule has 2 aromatic heterocycles. The molecule has 1 atom stereocenters. The molecule has 2 heterocycles. The maximum absolute atomic E-state index is 14.2. The zero-order valence-electron chi connectivity index (χ0n) is 13.8. The molecule has 3 rings (SSSR count). The van der Waals surface area contributed by atoms with Gasteiger partial charge in [0.2, 0.25) is 0 Å². The van der Waals surface area contributed by atoms with Crippen molar-refractivity contribution in [2.75, 3.05) is 17.7 Å². The summed E-state index contributed by atoms with van der Waals surface area (Å²) in [7, 11) is 1.36. The Labute approximate surface area is 148 Å². The molecular weight excluding hydrogens is 341 g/mol. The summed E-state index contributed by atoms with van der Waals surface area (Å²) in [5.41, 5.74) is 0.509. The number of nitrogens with zero attached hydrogens (tertiary/aromatic N) is 2. The predicted molar refractivity (Wildman–Crippen MR) is 92.1 cm³/mol. The van der Waals surface area contributed by atoms with Gasteiger partial charge in [0.05, 0.1) is 36.5 Å². The van der Waals surface area contributed by atoms with Crippen LogP contribution in [0.2, 0.25) is 0 Å². The fourth-order valence-corrected chi connectivity index (χ4v) is 2.46. The molecule has 134 valence electrons. The molecule has 1 unspecified atom stereocenters. The van der Waals surface area contributed by atoms with Crippen molar-refractivity contribution >= 4 is 23.2 Å². The second-order valence-electron chi connectivity index (χ2n) is 5.40. The Balaban J connectivity index is 1.78. The van der Waals surface area contributed by atoms with Gasteiger partial charge >= 0.3 is 0 Å². The average molecular weight is 357 g/mol. The molecule has 0 aliphatic heterocycles. The van der Waals surface area contributed by atoms with Crippen molar-refractivity contribution in [1.82, 2.24) is 15.2 Å². The molecule has 0 spiro atoms. The van der Waals surface area contributed by atoms with Crippen LogP contribution in [0, 0.1) is 0 Å². The Kier molecular flexibility index (Phi) is 5.07. The Hall–Kier alpha value is -3.49. The van der Waals surface area contributed by atoms with Crippen molar-refractivity contribution in [1.29, 1.82) is 0 Å². The Morgan fingerprint density at radius 1 is 1.31 bits per heavy atom. The minimum Gasteiger partial charge on any atom is -0.496 e. The van der Waals surface area contributed by atoms with Crippen LogP contribution < -0.4 is 10.6 Å². The molecule has 0 aromatic carbocycles. The van der Waals surface area contributed by atoms with Crippen LogP contribution in [-0.4, -0.2) is 40.3 Å². The lowest BCUT2D eigenvalue weighted by Crippen LogP contribution is -2.26. The second kappa shape index (κ2) is 7.60. The number of ether oxygens (including phenoxy) is 1. The highest BCUT2D eigenvalue weighted by Crippen LogP contribution is 2.25. The summed E-state index contributed by atoms with van der Waals surface area (Å²) in [6, 6.07) is 3.33. The van der Waals surface area contributed by atoms with Crippen molar-refractivity contribution in [2.45, 2.75) is 12.6 Å². The highest BCUT2D eigenvalue weighted by atomic mass is 19.1. The number of nitrogens with one attached hydrogen (secondary N) is 3. The van der Waals surface area contributed by atoms with Crippen LogP contribution in [0.25, 0.3) is 0 Å².